The number of hydrogen-bond acceptors (Lipinski definition) is 12. The zero-order valence-corrected chi connectivity index (χ0v) is 31.5. The first-order valence-corrected chi connectivity index (χ1v) is 15.8. The second kappa shape index (κ2) is 23.1. The Bertz CT molecular complexity index is 1540. The van der Waals surface area contributed by atoms with Gasteiger partial charge in [-0.05, 0) is 35.0 Å². The number of halogens is 4. The minimum atomic E-state index is -3.16. The van der Waals surface area contributed by atoms with Crippen LogP contribution in [0.3, 0.4) is 0 Å². The first kappa shape index (κ1) is 50.9. The molecule has 49 heavy (non-hydrogen) atoms. The molecule has 0 saturated heterocycles. The summed E-state index contributed by atoms with van der Waals surface area (Å²) in [6, 6.07) is 9.36. The van der Waals surface area contributed by atoms with E-state index >= 15 is 0 Å². The van der Waals surface area contributed by atoms with Gasteiger partial charge in [0.05, 0.1) is 58.1 Å². The summed E-state index contributed by atoms with van der Waals surface area (Å²) >= 11 is 9.23. The third-order valence-electron chi connectivity index (χ3n) is 6.29. The fourth-order valence-corrected chi connectivity index (χ4v) is 6.12. The van der Waals surface area contributed by atoms with Crippen molar-refractivity contribution < 1.29 is 85.8 Å². The minimum Gasteiger partial charge on any atom is -0.870 e. The number of carbonyl (C=O) groups is 2. The Hall–Kier alpha value is -2.47. The smallest absolute Gasteiger partial charge is 0.870 e. The molecule has 0 bridgehead atoms. The number of aliphatic carboxylic acids is 1. The van der Waals surface area contributed by atoms with Crippen molar-refractivity contribution in [1.82, 2.24) is 0 Å². The fraction of sp³-hybridized carbons (Fsp3) is 0.379. The van der Waals surface area contributed by atoms with Gasteiger partial charge in [0, 0.05) is 56.8 Å². The van der Waals surface area contributed by atoms with Crippen LogP contribution in [0.25, 0.3) is 20.2 Å². The first-order valence-electron chi connectivity index (χ1n) is 12.8. The van der Waals surface area contributed by atoms with Crippen molar-refractivity contribution >= 4 is 90.7 Å². The number of alkyl halides is 4. The first-order chi connectivity index (χ1) is 21.3. The van der Waals surface area contributed by atoms with Crippen molar-refractivity contribution in [3.8, 4) is 23.0 Å². The van der Waals surface area contributed by atoms with E-state index in [1.807, 2.05) is 0 Å². The van der Waals surface area contributed by atoms with Crippen LogP contribution in [0.4, 0.5) is 17.6 Å². The number of benzene rings is 2. The number of methoxy groups -OCH3 is 5. The van der Waals surface area contributed by atoms with Gasteiger partial charge in [-0.1, -0.05) is 0 Å². The predicted molar refractivity (Wildman–Crippen MR) is 186 cm³/mol. The Kier molecular flexibility index (Phi) is 24.0. The average Bonchev–Trinajstić information content (AvgIpc) is 3.67. The Labute approximate surface area is 316 Å². The number of ether oxygens (including phenoxy) is 5. The van der Waals surface area contributed by atoms with E-state index in [9.17, 15) is 27.2 Å². The standard InChI is InChI=1S/C15H16F2O4S.C14H14F2O4S.Li.2H2O.S2.H2S/c1-19-10-6-9-7-13(22-12(9)8-11(10)20-2)15(16,17)5-4-14(18)21-3;1-19-9-5-8-6-12(14(15,16)4-3-13(17)18)21-11(8)7-10(9)20-2;;;;1-2;/h6-8H,4-5H2,1-3H3;5-7H,3-4H2,1-2H3,(H,17,18);;2*1H2;;1H2/q;;+1;;;;/p-1. The minimum absolute atomic E-state index is 0. The Morgan fingerprint density at radius 3 is 1.33 bits per heavy atom. The van der Waals surface area contributed by atoms with Crippen molar-refractivity contribution in [3.63, 3.8) is 0 Å². The Balaban J connectivity index is -0.000000763. The van der Waals surface area contributed by atoms with Crippen LogP contribution in [-0.2, 0) is 48.5 Å². The van der Waals surface area contributed by atoms with Gasteiger partial charge in [0.15, 0.2) is 23.0 Å². The van der Waals surface area contributed by atoms with Gasteiger partial charge in [-0.2, -0.15) is 13.5 Å². The van der Waals surface area contributed by atoms with Gasteiger partial charge in [-0.15, -0.1) is 22.7 Å². The maximum atomic E-state index is 14.2. The van der Waals surface area contributed by atoms with E-state index in [0.717, 1.165) is 22.7 Å². The average molecular weight is 787 g/mol. The summed E-state index contributed by atoms with van der Waals surface area (Å²) in [6.07, 6.45) is -2.21. The summed E-state index contributed by atoms with van der Waals surface area (Å²) < 4.78 is 82.7. The topological polar surface area (TPSA) is 162 Å². The SMILES string of the molecule is COC(=O)CCC(F)(F)c1cc2cc(OC)c(OC)cc2s1.COc1cc2cc(C(F)(F)CCC(=O)O)sc2cc1OC.O.S.S=S.[Li+].[OH-]. The van der Waals surface area contributed by atoms with E-state index in [2.05, 4.69) is 27.1 Å². The molecule has 0 saturated carbocycles. The molecular formula is C29H35F4LiO10S5. The van der Waals surface area contributed by atoms with Gasteiger partial charge >= 0.3 is 30.8 Å². The molecule has 0 atom stereocenters. The second-order valence-electron chi connectivity index (χ2n) is 9.09. The molecule has 4 N–H and O–H groups in total. The second-order valence-corrected chi connectivity index (χ2v) is 11.3. The molecule has 270 valence electrons. The van der Waals surface area contributed by atoms with Gasteiger partial charge in [0.25, 0.3) is 11.8 Å². The van der Waals surface area contributed by atoms with Gasteiger partial charge in [-0.3, -0.25) is 9.59 Å². The molecule has 0 fully saturated rings. The zero-order chi connectivity index (χ0) is 33.9. The van der Waals surface area contributed by atoms with Crippen LogP contribution >= 0.6 is 36.2 Å². The largest absolute Gasteiger partial charge is 1.00 e. The van der Waals surface area contributed by atoms with Gasteiger partial charge < -0.3 is 39.7 Å². The summed E-state index contributed by atoms with van der Waals surface area (Å²) in [5, 5.41) is 9.80. The molecule has 0 spiro atoms. The van der Waals surface area contributed by atoms with Crippen LogP contribution in [0, 0.1) is 0 Å². The third-order valence-corrected chi connectivity index (χ3v) is 8.71. The van der Waals surface area contributed by atoms with E-state index in [4.69, 9.17) is 24.1 Å². The summed E-state index contributed by atoms with van der Waals surface area (Å²) in [5.41, 5.74) is 0. The number of esters is 1. The summed E-state index contributed by atoms with van der Waals surface area (Å²) in [7, 11) is 7.10. The molecule has 0 aliphatic rings. The molecule has 0 aliphatic heterocycles. The van der Waals surface area contributed by atoms with Crippen LogP contribution in [0.5, 0.6) is 23.0 Å². The fourth-order valence-electron chi connectivity index (χ4n) is 3.96. The van der Waals surface area contributed by atoms with E-state index < -0.39 is 43.0 Å². The summed E-state index contributed by atoms with van der Waals surface area (Å²) in [6.45, 7) is 0. The summed E-state index contributed by atoms with van der Waals surface area (Å²) in [4.78, 5) is 21.2. The molecule has 0 radical (unpaired) electrons. The van der Waals surface area contributed by atoms with Crippen LogP contribution in [0.1, 0.15) is 35.4 Å². The predicted octanol–water partition coefficient (Wildman–Crippen LogP) is 3.95. The molecule has 10 nitrogen and oxygen atoms in total. The number of rotatable bonds is 12. The molecule has 4 aromatic rings. The van der Waals surface area contributed by atoms with E-state index in [1.165, 1.54) is 47.7 Å². The number of hydrogen-bond donors (Lipinski definition) is 1. The molecule has 0 aliphatic carbocycles. The van der Waals surface area contributed by atoms with Crippen molar-refractivity contribution in [3.05, 3.63) is 46.2 Å². The molecular weight excluding hydrogens is 752 g/mol. The van der Waals surface area contributed by atoms with Gasteiger partial charge in [0.2, 0.25) is 0 Å². The van der Waals surface area contributed by atoms with Crippen LogP contribution in [0.2, 0.25) is 0 Å². The van der Waals surface area contributed by atoms with Gasteiger partial charge in [-0.25, -0.2) is 17.6 Å². The quantitative estimate of drug-likeness (QED) is 0.126. The molecule has 2 heterocycles. The number of carboxylic acids is 1. The van der Waals surface area contributed by atoms with E-state index in [-0.39, 0.29) is 59.5 Å². The monoisotopic (exact) mass is 786 g/mol. The Morgan fingerprint density at radius 1 is 0.694 bits per heavy atom. The number of carboxylic acid groups (broad SMARTS) is 1. The maximum absolute atomic E-state index is 14.2. The van der Waals surface area contributed by atoms with Crippen molar-refractivity contribution in [2.75, 3.05) is 35.5 Å². The molecule has 2 aromatic heterocycles. The van der Waals surface area contributed by atoms with Gasteiger partial charge in [0.1, 0.15) is 0 Å². The molecule has 2 aromatic carbocycles. The van der Waals surface area contributed by atoms with Crippen molar-refractivity contribution in [2.24, 2.45) is 0 Å². The molecule has 0 amide bonds. The van der Waals surface area contributed by atoms with Crippen molar-refractivity contribution in [2.45, 2.75) is 37.5 Å². The Morgan fingerprint density at radius 2 is 1.02 bits per heavy atom. The van der Waals surface area contributed by atoms with Crippen molar-refractivity contribution in [1.29, 1.82) is 0 Å². The summed E-state index contributed by atoms with van der Waals surface area (Å²) in [5.74, 6) is -6.24. The number of fused-ring (bicyclic) bond motifs is 2. The van der Waals surface area contributed by atoms with Crippen LogP contribution in [0.15, 0.2) is 36.4 Å². The number of carbonyl (C=O) groups excluding carboxylic acids is 1. The van der Waals surface area contributed by atoms with E-state index in [0.29, 0.717) is 43.2 Å². The number of thiophene rings is 2. The van der Waals surface area contributed by atoms with Crippen LogP contribution < -0.4 is 37.8 Å². The van der Waals surface area contributed by atoms with Crippen LogP contribution in [-0.4, -0.2) is 63.5 Å². The third kappa shape index (κ3) is 13.6. The maximum Gasteiger partial charge on any atom is 1.00 e. The normalized spacial score (nSPS) is 10.2. The molecule has 20 heteroatoms. The van der Waals surface area contributed by atoms with E-state index in [1.54, 1.807) is 24.3 Å². The zero-order valence-electron chi connectivity index (χ0n) is 27.2. The molecule has 0 unspecified atom stereocenters. The molecule has 4 rings (SSSR count).